The summed E-state index contributed by atoms with van der Waals surface area (Å²) < 4.78 is 11.4. The lowest BCUT2D eigenvalue weighted by Crippen LogP contribution is -2.47. The number of hydrogen-bond acceptors (Lipinski definition) is 4. The summed E-state index contributed by atoms with van der Waals surface area (Å²) in [5.74, 6) is 0.448. The monoisotopic (exact) mass is 412 g/mol. The average Bonchev–Trinajstić information content (AvgIpc) is 2.67. The Morgan fingerprint density at radius 1 is 1.14 bits per heavy atom. The van der Waals surface area contributed by atoms with Gasteiger partial charge in [0.15, 0.2) is 6.61 Å². The normalized spacial score (nSPS) is 19.0. The largest absolute Gasteiger partial charge is 0.484 e. The van der Waals surface area contributed by atoms with E-state index in [1.807, 2.05) is 56.3 Å². The molecule has 1 aliphatic rings. The Hall–Kier alpha value is -2.44. The summed E-state index contributed by atoms with van der Waals surface area (Å²) in [7, 11) is 0. The van der Waals surface area contributed by atoms with E-state index in [9.17, 15) is 4.79 Å². The van der Waals surface area contributed by atoms with Gasteiger partial charge >= 0.3 is 0 Å². The zero-order valence-corrected chi connectivity index (χ0v) is 18.2. The summed E-state index contributed by atoms with van der Waals surface area (Å²) in [6.07, 6.45) is 0.324. The van der Waals surface area contributed by atoms with Crippen LogP contribution in [-0.4, -0.2) is 47.7 Å². The molecular weight excluding hydrogens is 384 g/mol. The second-order valence-electron chi connectivity index (χ2n) is 7.65. The van der Waals surface area contributed by atoms with Crippen LogP contribution in [-0.2, 0) is 9.53 Å². The van der Waals surface area contributed by atoms with Crippen molar-refractivity contribution in [3.8, 4) is 5.75 Å². The smallest absolute Gasteiger partial charge is 0.262 e. The van der Waals surface area contributed by atoms with Crippen molar-refractivity contribution >= 4 is 28.8 Å². The van der Waals surface area contributed by atoms with Crippen LogP contribution in [0.15, 0.2) is 42.5 Å². The molecule has 1 amide bonds. The van der Waals surface area contributed by atoms with Gasteiger partial charge in [-0.3, -0.25) is 4.79 Å². The summed E-state index contributed by atoms with van der Waals surface area (Å²) in [6.45, 7) is 9.66. The van der Waals surface area contributed by atoms with E-state index in [-0.39, 0.29) is 24.7 Å². The van der Waals surface area contributed by atoms with Crippen LogP contribution >= 0.6 is 12.2 Å². The Balaban J connectivity index is 1.53. The highest BCUT2D eigenvalue weighted by Crippen LogP contribution is 2.19. The van der Waals surface area contributed by atoms with E-state index in [0.29, 0.717) is 5.75 Å². The first-order valence-corrected chi connectivity index (χ1v) is 10.3. The molecule has 1 aliphatic heterocycles. The molecule has 0 aliphatic carbocycles. The van der Waals surface area contributed by atoms with Gasteiger partial charge in [-0.2, -0.15) is 0 Å². The molecular formula is C23H28N2O3S. The minimum atomic E-state index is -0.187. The zero-order chi connectivity index (χ0) is 21.0. The number of rotatable bonds is 5. The van der Waals surface area contributed by atoms with E-state index >= 15 is 0 Å². The lowest BCUT2D eigenvalue weighted by Gasteiger charge is -2.37. The molecule has 2 aromatic carbocycles. The fourth-order valence-corrected chi connectivity index (χ4v) is 3.79. The fraction of sp³-hybridized carbons (Fsp3) is 0.391. The number of nitrogens with one attached hydrogen (secondary N) is 1. The van der Waals surface area contributed by atoms with Crippen LogP contribution < -0.4 is 10.1 Å². The fourth-order valence-electron chi connectivity index (χ4n) is 3.51. The van der Waals surface area contributed by atoms with Gasteiger partial charge in [0.2, 0.25) is 0 Å². The molecule has 1 fully saturated rings. The number of hydrogen-bond donors (Lipinski definition) is 1. The van der Waals surface area contributed by atoms with E-state index < -0.39 is 0 Å². The highest BCUT2D eigenvalue weighted by molar-refractivity contribution is 7.80. The van der Waals surface area contributed by atoms with Crippen LogP contribution in [0.25, 0.3) is 0 Å². The number of ether oxygens (including phenoxy) is 2. The first-order chi connectivity index (χ1) is 13.8. The van der Waals surface area contributed by atoms with Crippen molar-refractivity contribution in [2.24, 2.45) is 0 Å². The summed E-state index contributed by atoms with van der Waals surface area (Å²) in [5.41, 5.74) is 3.96. The van der Waals surface area contributed by atoms with Crippen molar-refractivity contribution in [1.82, 2.24) is 4.90 Å². The standard InChI is InChI=1S/C23H28N2O3S/c1-15-5-10-21(16(2)11-15)24-22(26)14-27-20-8-6-19(7-9-20)23(29)25-12-17(3)28-18(4)13-25/h5-11,17-18H,12-14H2,1-4H3,(H,24,26)/t17-,18-/m1/s1. The van der Waals surface area contributed by atoms with Crippen molar-refractivity contribution in [2.75, 3.05) is 25.0 Å². The molecule has 1 N–H and O–H groups in total. The van der Waals surface area contributed by atoms with Gasteiger partial charge in [-0.05, 0) is 63.6 Å². The number of carbonyl (C=O) groups excluding carboxylic acids is 1. The van der Waals surface area contributed by atoms with E-state index in [1.165, 1.54) is 0 Å². The van der Waals surface area contributed by atoms with Crippen LogP contribution in [0.1, 0.15) is 30.5 Å². The molecule has 154 valence electrons. The highest BCUT2D eigenvalue weighted by Gasteiger charge is 2.24. The maximum Gasteiger partial charge on any atom is 0.262 e. The molecule has 1 saturated heterocycles. The van der Waals surface area contributed by atoms with E-state index in [0.717, 1.165) is 40.5 Å². The predicted molar refractivity (Wildman–Crippen MR) is 120 cm³/mol. The summed E-state index contributed by atoms with van der Waals surface area (Å²) in [5, 5.41) is 2.89. The lowest BCUT2D eigenvalue weighted by molar-refractivity contribution is -0.118. The lowest BCUT2D eigenvalue weighted by atomic mass is 10.1. The summed E-state index contributed by atoms with van der Waals surface area (Å²) >= 11 is 5.66. The second-order valence-corrected chi connectivity index (χ2v) is 8.03. The van der Waals surface area contributed by atoms with Crippen LogP contribution in [0, 0.1) is 13.8 Å². The number of benzene rings is 2. The van der Waals surface area contributed by atoms with Crippen molar-refractivity contribution < 1.29 is 14.3 Å². The van der Waals surface area contributed by atoms with E-state index in [2.05, 4.69) is 24.1 Å². The van der Waals surface area contributed by atoms with Gasteiger partial charge < -0.3 is 19.7 Å². The van der Waals surface area contributed by atoms with E-state index in [4.69, 9.17) is 21.7 Å². The molecule has 0 spiro atoms. The topological polar surface area (TPSA) is 50.8 Å². The molecule has 2 atom stereocenters. The van der Waals surface area contributed by atoms with Crippen molar-refractivity contribution in [1.29, 1.82) is 0 Å². The molecule has 0 bridgehead atoms. The third-order valence-corrected chi connectivity index (χ3v) is 5.33. The second kappa shape index (κ2) is 9.37. The Morgan fingerprint density at radius 3 is 2.41 bits per heavy atom. The molecule has 0 unspecified atom stereocenters. The minimum Gasteiger partial charge on any atom is -0.484 e. The Bertz CT molecular complexity index is 872. The Labute approximate surface area is 178 Å². The Morgan fingerprint density at radius 2 is 1.79 bits per heavy atom. The summed E-state index contributed by atoms with van der Waals surface area (Å²) in [6, 6.07) is 13.5. The van der Waals surface area contributed by atoms with Gasteiger partial charge in [0.05, 0.1) is 12.2 Å². The molecule has 6 heteroatoms. The number of nitrogens with zero attached hydrogens (tertiary/aromatic N) is 1. The number of morpholine rings is 1. The minimum absolute atomic E-state index is 0.0460. The molecule has 1 heterocycles. The molecule has 0 saturated carbocycles. The van der Waals surface area contributed by atoms with Gasteiger partial charge in [-0.15, -0.1) is 0 Å². The van der Waals surface area contributed by atoms with Crippen molar-refractivity contribution in [2.45, 2.75) is 39.9 Å². The third kappa shape index (κ3) is 5.78. The van der Waals surface area contributed by atoms with Crippen LogP contribution in [0.3, 0.4) is 0 Å². The number of aryl methyl sites for hydroxylation is 2. The first-order valence-electron chi connectivity index (χ1n) is 9.86. The zero-order valence-electron chi connectivity index (χ0n) is 17.4. The van der Waals surface area contributed by atoms with Gasteiger partial charge in [-0.1, -0.05) is 29.9 Å². The van der Waals surface area contributed by atoms with Gasteiger partial charge in [0.1, 0.15) is 10.7 Å². The van der Waals surface area contributed by atoms with Crippen LogP contribution in [0.2, 0.25) is 0 Å². The first kappa shape index (κ1) is 21.3. The van der Waals surface area contributed by atoms with Crippen molar-refractivity contribution in [3.63, 3.8) is 0 Å². The van der Waals surface area contributed by atoms with Crippen molar-refractivity contribution in [3.05, 3.63) is 59.2 Å². The number of carbonyl (C=O) groups is 1. The Kier molecular flexibility index (Phi) is 6.87. The molecule has 3 rings (SSSR count). The SMILES string of the molecule is Cc1ccc(NC(=O)COc2ccc(C(=S)N3C[C@@H](C)O[C@H](C)C3)cc2)c(C)c1. The maximum atomic E-state index is 12.2. The average molecular weight is 413 g/mol. The van der Waals surface area contributed by atoms with Gasteiger partial charge in [0.25, 0.3) is 5.91 Å². The molecule has 0 aromatic heterocycles. The quantitative estimate of drug-likeness (QED) is 0.749. The molecule has 2 aromatic rings. The third-order valence-electron chi connectivity index (χ3n) is 4.83. The maximum absolute atomic E-state index is 12.2. The van der Waals surface area contributed by atoms with E-state index in [1.54, 1.807) is 0 Å². The number of thiocarbonyl (C=S) groups is 1. The molecule has 0 radical (unpaired) electrons. The van der Waals surface area contributed by atoms with Gasteiger partial charge in [-0.25, -0.2) is 0 Å². The van der Waals surface area contributed by atoms with Crippen LogP contribution in [0.5, 0.6) is 5.75 Å². The molecule has 29 heavy (non-hydrogen) atoms. The predicted octanol–water partition coefficient (Wildman–Crippen LogP) is 4.11. The summed E-state index contributed by atoms with van der Waals surface area (Å²) in [4.78, 5) is 15.2. The highest BCUT2D eigenvalue weighted by atomic mass is 32.1. The van der Waals surface area contributed by atoms with Crippen LogP contribution in [0.4, 0.5) is 5.69 Å². The molecule has 5 nitrogen and oxygen atoms in total. The van der Waals surface area contributed by atoms with Gasteiger partial charge in [0, 0.05) is 24.3 Å². The number of amides is 1. The number of anilines is 1.